The van der Waals surface area contributed by atoms with Gasteiger partial charge in [-0.2, -0.15) is 0 Å². The lowest BCUT2D eigenvalue weighted by Crippen LogP contribution is -2.39. The van der Waals surface area contributed by atoms with Crippen LogP contribution < -0.4 is 4.74 Å². The Labute approximate surface area is 199 Å². The van der Waals surface area contributed by atoms with Crippen molar-refractivity contribution < 1.29 is 9.53 Å². The Hall–Kier alpha value is -3.93. The van der Waals surface area contributed by atoms with Crippen LogP contribution in [0.25, 0.3) is 11.3 Å². The van der Waals surface area contributed by atoms with Gasteiger partial charge in [-0.25, -0.2) is 4.98 Å². The van der Waals surface area contributed by atoms with Crippen molar-refractivity contribution in [1.29, 1.82) is 0 Å². The quantitative estimate of drug-likeness (QED) is 0.412. The van der Waals surface area contributed by atoms with Gasteiger partial charge in [-0.05, 0) is 54.8 Å². The first-order valence-electron chi connectivity index (χ1n) is 11.7. The van der Waals surface area contributed by atoms with Gasteiger partial charge in [0.05, 0.1) is 19.1 Å². The van der Waals surface area contributed by atoms with E-state index in [0.29, 0.717) is 13.1 Å². The molecule has 34 heavy (non-hydrogen) atoms. The first-order valence-corrected chi connectivity index (χ1v) is 11.7. The van der Waals surface area contributed by atoms with Gasteiger partial charge in [-0.1, -0.05) is 30.3 Å². The molecule has 1 unspecified atom stereocenters. The number of carbonyl (C=O) groups excluding carboxylic acids is 1. The van der Waals surface area contributed by atoms with Crippen molar-refractivity contribution >= 4 is 5.91 Å². The van der Waals surface area contributed by atoms with E-state index < -0.39 is 0 Å². The van der Waals surface area contributed by atoms with Gasteiger partial charge < -0.3 is 14.2 Å². The Bertz CT molecular complexity index is 1270. The third-order valence-corrected chi connectivity index (χ3v) is 6.38. The van der Waals surface area contributed by atoms with E-state index >= 15 is 0 Å². The summed E-state index contributed by atoms with van der Waals surface area (Å²) in [4.78, 5) is 24.4. The molecule has 0 aliphatic carbocycles. The summed E-state index contributed by atoms with van der Waals surface area (Å²) in [5, 5.41) is 0. The molecule has 1 amide bonds. The van der Waals surface area contributed by atoms with Crippen LogP contribution in [0.1, 0.15) is 40.4 Å². The molecule has 0 saturated carbocycles. The molecule has 1 atom stereocenters. The summed E-state index contributed by atoms with van der Waals surface area (Å²) in [5.41, 5.74) is 4.71. The highest BCUT2D eigenvalue weighted by atomic mass is 16.5. The van der Waals surface area contributed by atoms with E-state index in [1.807, 2.05) is 76.3 Å². The van der Waals surface area contributed by atoms with E-state index in [0.717, 1.165) is 53.2 Å². The fourth-order valence-corrected chi connectivity index (χ4v) is 4.66. The third-order valence-electron chi connectivity index (χ3n) is 6.38. The van der Waals surface area contributed by atoms with Crippen LogP contribution in [-0.2, 0) is 6.54 Å². The van der Waals surface area contributed by atoms with Crippen LogP contribution in [0.5, 0.6) is 5.75 Å². The maximum Gasteiger partial charge on any atom is 0.253 e. The molecule has 0 N–H and O–H groups in total. The number of aromatic nitrogens is 3. The summed E-state index contributed by atoms with van der Waals surface area (Å²) in [5.74, 6) is 1.10. The van der Waals surface area contributed by atoms with Crippen LogP contribution in [0.3, 0.4) is 0 Å². The Morgan fingerprint density at radius 1 is 1.09 bits per heavy atom. The van der Waals surface area contributed by atoms with Crippen molar-refractivity contribution in [2.45, 2.75) is 25.3 Å². The van der Waals surface area contributed by atoms with E-state index in [9.17, 15) is 4.79 Å². The number of amides is 1. The molecule has 1 aliphatic rings. The maximum atomic E-state index is 13.4. The molecule has 3 heterocycles. The predicted octanol–water partition coefficient (Wildman–Crippen LogP) is 5.02. The molecule has 0 bridgehead atoms. The van der Waals surface area contributed by atoms with Gasteiger partial charge in [0, 0.05) is 54.8 Å². The second kappa shape index (κ2) is 9.91. The number of likely N-dealkylation sites (tertiary alicyclic amines) is 1. The van der Waals surface area contributed by atoms with Crippen LogP contribution in [0.4, 0.5) is 0 Å². The normalized spacial score (nSPS) is 15.8. The van der Waals surface area contributed by atoms with Gasteiger partial charge in [-0.15, -0.1) is 0 Å². The number of methoxy groups -OCH3 is 1. The summed E-state index contributed by atoms with van der Waals surface area (Å²) in [6.07, 6.45) is 7.46. The molecule has 5 rings (SSSR count). The molecular formula is C28H28N4O2. The van der Waals surface area contributed by atoms with Crippen LogP contribution in [-0.4, -0.2) is 45.5 Å². The lowest BCUT2D eigenvalue weighted by molar-refractivity contribution is 0.0706. The van der Waals surface area contributed by atoms with Gasteiger partial charge in [0.1, 0.15) is 5.75 Å². The van der Waals surface area contributed by atoms with Crippen molar-refractivity contribution in [1.82, 2.24) is 19.4 Å². The molecular weight excluding hydrogens is 424 g/mol. The van der Waals surface area contributed by atoms with Crippen LogP contribution in [0, 0.1) is 0 Å². The molecule has 2 aromatic carbocycles. The number of hydrogen-bond donors (Lipinski definition) is 0. The molecule has 0 radical (unpaired) electrons. The Balaban J connectivity index is 1.33. The Morgan fingerprint density at radius 2 is 1.97 bits per heavy atom. The van der Waals surface area contributed by atoms with Gasteiger partial charge >= 0.3 is 0 Å². The second-order valence-corrected chi connectivity index (χ2v) is 8.67. The fraction of sp³-hybridized carbons (Fsp3) is 0.250. The van der Waals surface area contributed by atoms with E-state index in [4.69, 9.17) is 9.72 Å². The van der Waals surface area contributed by atoms with E-state index in [-0.39, 0.29) is 11.8 Å². The molecule has 6 nitrogen and oxygen atoms in total. The standard InChI is InChI=1S/C28H28N4O2/c1-34-27-13-3-2-10-24(27)26-12-5-11-25(30-26)23-9-6-15-32(19-23)28(33)22-8-4-7-21(17-22)18-31-16-14-29-20-31/h2-5,7-8,10-14,16-17,20,23H,6,9,15,18-19H2,1H3. The van der Waals surface area contributed by atoms with Crippen LogP contribution in [0.15, 0.2) is 85.5 Å². The van der Waals surface area contributed by atoms with Gasteiger partial charge in [-0.3, -0.25) is 9.78 Å². The van der Waals surface area contributed by atoms with Crippen molar-refractivity contribution in [3.63, 3.8) is 0 Å². The van der Waals surface area contributed by atoms with Crippen molar-refractivity contribution in [3.05, 3.63) is 102 Å². The van der Waals surface area contributed by atoms with Gasteiger partial charge in [0.15, 0.2) is 0 Å². The van der Waals surface area contributed by atoms with Crippen LogP contribution >= 0.6 is 0 Å². The summed E-state index contributed by atoms with van der Waals surface area (Å²) < 4.78 is 7.53. The van der Waals surface area contributed by atoms with Gasteiger partial charge in [0.2, 0.25) is 0 Å². The predicted molar refractivity (Wildman–Crippen MR) is 132 cm³/mol. The van der Waals surface area contributed by atoms with Crippen molar-refractivity contribution in [2.24, 2.45) is 0 Å². The molecule has 0 spiro atoms. The number of para-hydroxylation sites is 1. The fourth-order valence-electron chi connectivity index (χ4n) is 4.66. The van der Waals surface area contributed by atoms with Crippen molar-refractivity contribution in [3.8, 4) is 17.0 Å². The average molecular weight is 453 g/mol. The molecule has 1 saturated heterocycles. The topological polar surface area (TPSA) is 60.2 Å². The number of carbonyl (C=O) groups is 1. The average Bonchev–Trinajstić information content (AvgIpc) is 3.41. The molecule has 4 aromatic rings. The number of benzene rings is 2. The molecule has 6 heteroatoms. The SMILES string of the molecule is COc1ccccc1-c1cccc(C2CCCN(C(=O)c3cccc(Cn4ccnc4)c3)C2)n1. The minimum Gasteiger partial charge on any atom is -0.496 e. The number of ether oxygens (including phenoxy) is 1. The highest BCUT2D eigenvalue weighted by Crippen LogP contribution is 2.31. The first kappa shape index (κ1) is 21.9. The molecule has 2 aromatic heterocycles. The minimum absolute atomic E-state index is 0.0815. The maximum absolute atomic E-state index is 13.4. The number of nitrogens with zero attached hydrogens (tertiary/aromatic N) is 4. The van der Waals surface area contributed by atoms with E-state index in [1.54, 1.807) is 19.6 Å². The zero-order valence-corrected chi connectivity index (χ0v) is 19.3. The van der Waals surface area contributed by atoms with Gasteiger partial charge in [0.25, 0.3) is 5.91 Å². The highest BCUT2D eigenvalue weighted by molar-refractivity contribution is 5.94. The van der Waals surface area contributed by atoms with Crippen LogP contribution in [0.2, 0.25) is 0 Å². The highest BCUT2D eigenvalue weighted by Gasteiger charge is 2.26. The number of imidazole rings is 1. The zero-order valence-electron chi connectivity index (χ0n) is 19.3. The molecule has 172 valence electrons. The Morgan fingerprint density at radius 3 is 2.82 bits per heavy atom. The monoisotopic (exact) mass is 452 g/mol. The molecule has 1 fully saturated rings. The number of rotatable bonds is 6. The molecule has 1 aliphatic heterocycles. The zero-order chi connectivity index (χ0) is 23.3. The lowest BCUT2D eigenvalue weighted by Gasteiger charge is -2.33. The summed E-state index contributed by atoms with van der Waals surface area (Å²) in [7, 11) is 1.68. The smallest absolute Gasteiger partial charge is 0.253 e. The Kier molecular flexibility index (Phi) is 6.38. The lowest BCUT2D eigenvalue weighted by atomic mass is 9.93. The minimum atomic E-state index is 0.0815. The number of hydrogen-bond acceptors (Lipinski definition) is 4. The number of piperidine rings is 1. The summed E-state index contributed by atoms with van der Waals surface area (Å²) in [6.45, 7) is 2.14. The largest absolute Gasteiger partial charge is 0.496 e. The second-order valence-electron chi connectivity index (χ2n) is 8.67. The summed E-state index contributed by atoms with van der Waals surface area (Å²) in [6, 6.07) is 22.0. The third kappa shape index (κ3) is 4.71. The van der Waals surface area contributed by atoms with Crippen molar-refractivity contribution in [2.75, 3.05) is 20.2 Å². The summed E-state index contributed by atoms with van der Waals surface area (Å²) >= 11 is 0. The number of pyridine rings is 1. The van der Waals surface area contributed by atoms with E-state index in [1.165, 1.54) is 0 Å². The van der Waals surface area contributed by atoms with E-state index in [2.05, 4.69) is 11.1 Å². The first-order chi connectivity index (χ1) is 16.7.